The lowest BCUT2D eigenvalue weighted by Gasteiger charge is -2.20. The molecule has 24 heavy (non-hydrogen) atoms. The quantitative estimate of drug-likeness (QED) is 0.860. The van der Waals surface area contributed by atoms with E-state index in [2.05, 4.69) is 15.1 Å². The molecule has 1 atom stereocenters. The molecule has 2 aromatic rings. The number of nitrogens with zero attached hydrogens (tertiary/aromatic N) is 4. The van der Waals surface area contributed by atoms with E-state index in [4.69, 9.17) is 4.52 Å². The molecule has 1 saturated heterocycles. The smallest absolute Gasteiger partial charge is 0.273 e. The van der Waals surface area contributed by atoms with Crippen LogP contribution in [0.2, 0.25) is 0 Å². The number of carbonyl (C=O) groups excluding carboxylic acids is 1. The van der Waals surface area contributed by atoms with Gasteiger partial charge in [0.1, 0.15) is 17.6 Å². The number of carbonyl (C=O) groups is 1. The molecule has 1 aliphatic carbocycles. The summed E-state index contributed by atoms with van der Waals surface area (Å²) in [4.78, 5) is 21.3. The van der Waals surface area contributed by atoms with Crippen molar-refractivity contribution in [1.29, 1.82) is 0 Å². The summed E-state index contributed by atoms with van der Waals surface area (Å²) in [6, 6.07) is 1.20. The molecule has 1 saturated carbocycles. The van der Waals surface area contributed by atoms with Crippen molar-refractivity contribution < 1.29 is 22.5 Å². The van der Waals surface area contributed by atoms with E-state index in [1.807, 2.05) is 0 Å². The maximum absolute atomic E-state index is 13.9. The van der Waals surface area contributed by atoms with Crippen LogP contribution < -0.4 is 0 Å². The van der Waals surface area contributed by atoms with Crippen molar-refractivity contribution in [2.24, 2.45) is 0 Å². The summed E-state index contributed by atoms with van der Waals surface area (Å²) in [5.41, 5.74) is -0.110. The Morgan fingerprint density at radius 1 is 1.33 bits per heavy atom. The first kappa shape index (κ1) is 15.1. The Morgan fingerprint density at radius 3 is 2.79 bits per heavy atom. The van der Waals surface area contributed by atoms with E-state index >= 15 is 0 Å². The van der Waals surface area contributed by atoms with Crippen LogP contribution in [-0.4, -0.2) is 38.4 Å². The third kappa shape index (κ3) is 2.74. The number of alkyl halides is 2. The molecular weight excluding hydrogens is 325 g/mol. The topological polar surface area (TPSA) is 72.1 Å². The summed E-state index contributed by atoms with van der Waals surface area (Å²) in [6.07, 6.45) is 2.17. The minimum absolute atomic E-state index is 0.00420. The van der Waals surface area contributed by atoms with E-state index in [1.165, 1.54) is 0 Å². The molecule has 2 aromatic heterocycles. The molecular formula is C15H13F3N4O2. The van der Waals surface area contributed by atoms with Gasteiger partial charge in [0.15, 0.2) is 5.82 Å². The van der Waals surface area contributed by atoms with Crippen molar-refractivity contribution in [2.45, 2.75) is 37.1 Å². The molecule has 0 bridgehead atoms. The molecule has 0 radical (unpaired) electrons. The van der Waals surface area contributed by atoms with Gasteiger partial charge in [-0.3, -0.25) is 4.79 Å². The number of hydrogen-bond acceptors (Lipinski definition) is 5. The van der Waals surface area contributed by atoms with Crippen molar-refractivity contribution in [3.63, 3.8) is 0 Å². The van der Waals surface area contributed by atoms with Crippen molar-refractivity contribution >= 4 is 5.91 Å². The predicted molar refractivity (Wildman–Crippen MR) is 73.8 cm³/mol. The lowest BCUT2D eigenvalue weighted by atomic mass is 10.2. The molecule has 1 amide bonds. The molecule has 0 N–H and O–H groups in total. The van der Waals surface area contributed by atoms with Gasteiger partial charge in [-0.2, -0.15) is 4.98 Å². The second kappa shape index (κ2) is 5.29. The van der Waals surface area contributed by atoms with Crippen molar-refractivity contribution in [3.8, 4) is 0 Å². The number of likely N-dealkylation sites (tertiary alicyclic amines) is 1. The summed E-state index contributed by atoms with van der Waals surface area (Å²) in [5.74, 6) is -3.68. The second-order valence-electron chi connectivity index (χ2n) is 6.14. The van der Waals surface area contributed by atoms with Gasteiger partial charge in [-0.05, 0) is 25.0 Å². The molecule has 2 fully saturated rings. The Bertz CT molecular complexity index is 773. The van der Waals surface area contributed by atoms with Gasteiger partial charge in [0.2, 0.25) is 5.89 Å². The van der Waals surface area contributed by atoms with Crippen LogP contribution in [0.15, 0.2) is 22.9 Å². The maximum atomic E-state index is 13.9. The number of hydrogen-bond donors (Lipinski definition) is 0. The van der Waals surface area contributed by atoms with E-state index in [1.54, 1.807) is 0 Å². The zero-order valence-electron chi connectivity index (χ0n) is 12.5. The monoisotopic (exact) mass is 338 g/mol. The lowest BCUT2D eigenvalue weighted by Crippen LogP contribution is -2.33. The van der Waals surface area contributed by atoms with Gasteiger partial charge in [-0.15, -0.1) is 0 Å². The Morgan fingerprint density at radius 2 is 2.12 bits per heavy atom. The highest BCUT2D eigenvalue weighted by molar-refractivity contribution is 5.92. The summed E-state index contributed by atoms with van der Waals surface area (Å²) >= 11 is 0. The highest BCUT2D eigenvalue weighted by Gasteiger charge is 2.50. The van der Waals surface area contributed by atoms with Gasteiger partial charge < -0.3 is 9.42 Å². The first-order valence-electron chi connectivity index (χ1n) is 7.57. The number of aromatic nitrogens is 3. The molecule has 9 heteroatoms. The molecule has 1 aliphatic heterocycles. The molecule has 4 rings (SSSR count). The highest BCUT2D eigenvalue weighted by atomic mass is 19.3. The average molecular weight is 338 g/mol. The van der Waals surface area contributed by atoms with E-state index in [0.29, 0.717) is 5.82 Å². The SMILES string of the molecule is O=C(c1ccc(F)cn1)N1CC(F)(F)C[C@H]1c1nc(C2CC2)no1. The fourth-order valence-electron chi connectivity index (χ4n) is 2.79. The largest absolute Gasteiger partial charge is 0.337 e. The second-order valence-corrected chi connectivity index (χ2v) is 6.14. The molecule has 3 heterocycles. The van der Waals surface area contributed by atoms with Crippen LogP contribution >= 0.6 is 0 Å². The molecule has 126 valence electrons. The van der Waals surface area contributed by atoms with Crippen LogP contribution in [-0.2, 0) is 0 Å². The van der Waals surface area contributed by atoms with Gasteiger partial charge in [0, 0.05) is 12.3 Å². The third-order valence-electron chi connectivity index (χ3n) is 4.16. The van der Waals surface area contributed by atoms with E-state index in [0.717, 1.165) is 36.1 Å². The summed E-state index contributed by atoms with van der Waals surface area (Å²) in [7, 11) is 0. The van der Waals surface area contributed by atoms with Gasteiger partial charge >= 0.3 is 0 Å². The average Bonchev–Trinajstić information content (AvgIpc) is 3.18. The summed E-state index contributed by atoms with van der Waals surface area (Å²) in [5, 5.41) is 3.81. The Balaban J connectivity index is 1.63. The zero-order chi connectivity index (χ0) is 16.9. The summed E-state index contributed by atoms with van der Waals surface area (Å²) < 4.78 is 45.8. The Labute approximate surface area is 134 Å². The van der Waals surface area contributed by atoms with Crippen LogP contribution in [0.25, 0.3) is 0 Å². The Hall–Kier alpha value is -2.45. The van der Waals surface area contributed by atoms with Crippen molar-refractivity contribution in [1.82, 2.24) is 20.0 Å². The molecule has 2 aliphatic rings. The van der Waals surface area contributed by atoms with Crippen LogP contribution in [0, 0.1) is 5.82 Å². The van der Waals surface area contributed by atoms with E-state index in [9.17, 15) is 18.0 Å². The minimum Gasteiger partial charge on any atom is -0.337 e. The fourth-order valence-corrected chi connectivity index (χ4v) is 2.79. The molecule has 0 unspecified atom stereocenters. The van der Waals surface area contributed by atoms with Crippen LogP contribution in [0.1, 0.15) is 53.4 Å². The van der Waals surface area contributed by atoms with Crippen LogP contribution in [0.4, 0.5) is 13.2 Å². The normalized spacial score (nSPS) is 22.8. The standard InChI is InChI=1S/C15H13F3N4O2/c16-9-3-4-10(19-6-9)14(23)22-7-15(17,18)5-11(22)13-20-12(21-24-13)8-1-2-8/h3-4,6,8,11H,1-2,5,7H2/t11-/m0/s1. The van der Waals surface area contributed by atoms with Crippen LogP contribution in [0.5, 0.6) is 0 Å². The third-order valence-corrected chi connectivity index (χ3v) is 4.16. The molecule has 0 spiro atoms. The first-order chi connectivity index (χ1) is 11.4. The van der Waals surface area contributed by atoms with Gasteiger partial charge in [0.05, 0.1) is 12.7 Å². The van der Waals surface area contributed by atoms with Gasteiger partial charge in [0.25, 0.3) is 11.8 Å². The number of amides is 1. The van der Waals surface area contributed by atoms with Gasteiger partial charge in [-0.1, -0.05) is 5.16 Å². The highest BCUT2D eigenvalue weighted by Crippen LogP contribution is 2.43. The lowest BCUT2D eigenvalue weighted by molar-refractivity contribution is 0.0116. The van der Waals surface area contributed by atoms with E-state index in [-0.39, 0.29) is 17.5 Å². The molecule has 0 aromatic carbocycles. The predicted octanol–water partition coefficient (Wildman–Crippen LogP) is 2.70. The van der Waals surface area contributed by atoms with Crippen molar-refractivity contribution in [3.05, 3.63) is 41.6 Å². The minimum atomic E-state index is -3.06. The number of halogens is 3. The number of rotatable bonds is 3. The van der Waals surface area contributed by atoms with Crippen molar-refractivity contribution in [2.75, 3.05) is 6.54 Å². The fraction of sp³-hybridized carbons (Fsp3) is 0.467. The van der Waals surface area contributed by atoms with Gasteiger partial charge in [-0.25, -0.2) is 18.2 Å². The van der Waals surface area contributed by atoms with E-state index < -0.39 is 36.7 Å². The zero-order valence-corrected chi connectivity index (χ0v) is 12.5. The first-order valence-corrected chi connectivity index (χ1v) is 7.57. The van der Waals surface area contributed by atoms with Crippen LogP contribution in [0.3, 0.4) is 0 Å². The molecule has 6 nitrogen and oxygen atoms in total. The summed E-state index contributed by atoms with van der Waals surface area (Å²) in [6.45, 7) is -0.767. The Kier molecular flexibility index (Phi) is 3.33. The maximum Gasteiger partial charge on any atom is 0.273 e. The number of pyridine rings is 1.